The number of fused-ring (bicyclic) bond motifs is 12. The molecule has 0 saturated carbocycles. The molecule has 120 heavy (non-hydrogen) atoms. The molecule has 8 heterocycles. The van der Waals surface area contributed by atoms with Crippen LogP contribution < -0.4 is 60.8 Å². The van der Waals surface area contributed by atoms with E-state index in [0.717, 1.165) is 50.6 Å². The van der Waals surface area contributed by atoms with Gasteiger partial charge >= 0.3 is 23.9 Å². The highest BCUT2D eigenvalue weighted by Crippen LogP contribution is 2.50. The first kappa shape index (κ1) is 40.4. The van der Waals surface area contributed by atoms with E-state index >= 15 is 0 Å². The molecule has 4 aromatic carbocycles. The Kier molecular flexibility index (Phi) is 14.8. The summed E-state index contributed by atoms with van der Waals surface area (Å²) in [5, 5.41) is 0. The smallest absolute Gasteiger partial charge is 0.323 e. The SMILES string of the molecule is [2H]C([2H])([2H])Oc1cc2c(cc1OC)C1N(C([2H])([2H])C2([2H])[2H])C([2H])([2H])C([2H])(C([2H])([2H])C([2H])(C)C([2H])([2H])[2H])C(OC(=O)[C@@H](N)C(C)C)C1([2H])[2H].[2H]C1([2H])C2c3cc(OC)c(OC)cc3C([2H])([2H])C([2H])([2H])N2C([2H])([2H])C([2H])(C([2H])([2H])C([2H])(C)C([2H])([2H])[2H])C1OC(=O)[C@@H](N)C(C)C.[2H]C1([2H])C2c3cc(OC)c(OC)cc3C([2H])([2H])C([2H])([2H])N2C([2H])([2H])C([2H])(C([2H])([2H])C([2H])(C)C([2H])([2H])[2H])C1OC(=O)[C@@H](N)C(C)C.[2H]c1c2c(c([2H])c(OC)c1OC([2H])([2H])[2H])C1([2H])N(CC2)C([2H])([2H])C([2H])(C([2H])([2H])C([2H])(C)C([2H])([2H])[2H])C([2H])(OC(=O)[C@@H](N)C(C)C)C1([2H])[2H]. The summed E-state index contributed by atoms with van der Waals surface area (Å²) in [4.78, 5) is 53.3. The molecular weight excluding hydrogens is 1520 g/mol. The van der Waals surface area contributed by atoms with E-state index in [2.05, 4.69) is 0 Å². The van der Waals surface area contributed by atoms with Crippen molar-refractivity contribution < 1.29 is 166 Å². The maximum Gasteiger partial charge on any atom is 0.323 e. The van der Waals surface area contributed by atoms with E-state index < -0.39 is 417 Å². The molecule has 4 saturated heterocycles. The van der Waals surface area contributed by atoms with Gasteiger partial charge in [-0.05, 0) is 191 Å². The molecule has 8 aliphatic rings. The molecule has 8 N–H and O–H groups in total. The average Bonchev–Trinajstić information content (AvgIpc) is 0.634. The molecule has 0 radical (unpaired) electrons. The summed E-state index contributed by atoms with van der Waals surface area (Å²) < 4.78 is 636. The molecule has 0 aliphatic carbocycles. The van der Waals surface area contributed by atoms with Gasteiger partial charge in [-0.3, -0.25) is 38.8 Å². The van der Waals surface area contributed by atoms with Crippen LogP contribution in [0, 0.1) is 70.8 Å². The number of benzene rings is 4. The molecule has 0 amide bonds. The van der Waals surface area contributed by atoms with Crippen LogP contribution in [0.1, 0.15) is 321 Å². The van der Waals surface area contributed by atoms with Gasteiger partial charge in [0, 0.05) is 202 Å². The summed E-state index contributed by atoms with van der Waals surface area (Å²) in [6, 6.07) is -12.5. The second kappa shape index (κ2) is 43.9. The van der Waals surface area contributed by atoms with Gasteiger partial charge in [0.2, 0.25) is 0 Å². The molecule has 4 aromatic rings. The number of esters is 4. The van der Waals surface area contributed by atoms with E-state index in [1.165, 1.54) is 83.8 Å². The highest BCUT2D eigenvalue weighted by molar-refractivity contribution is 5.77. The second-order valence-corrected chi connectivity index (χ2v) is 29.1. The summed E-state index contributed by atoms with van der Waals surface area (Å²) in [7, 11) is 0.529. The largest absolute Gasteiger partial charge is 0.493 e. The Labute approximate surface area is 811 Å². The zero-order chi connectivity index (χ0) is 146. The first-order valence-electron chi connectivity index (χ1n) is 70.6. The third kappa shape index (κ3) is 23.8. The number of ether oxygens (including phenoxy) is 12. The van der Waals surface area contributed by atoms with Crippen LogP contribution in [0.4, 0.5) is 0 Å². The number of carbonyl (C=O) groups excluding carboxylic acids is 4. The van der Waals surface area contributed by atoms with Crippen molar-refractivity contribution in [3.05, 3.63) is 93.0 Å². The fraction of sp³-hybridized carbons (Fsp3) is 0.708. The predicted molar refractivity (Wildman–Crippen MR) is 471 cm³/mol. The topological polar surface area (TPSA) is 296 Å². The molecular formula is C96H152N8O16. The van der Waals surface area contributed by atoms with Gasteiger partial charge in [-0.2, -0.15) is 0 Å². The fourth-order valence-corrected chi connectivity index (χ4v) is 12.1. The van der Waals surface area contributed by atoms with Gasteiger partial charge in [0.15, 0.2) is 46.0 Å². The summed E-state index contributed by atoms with van der Waals surface area (Å²) in [6.45, 7) is -28.0. The van der Waals surface area contributed by atoms with E-state index in [-0.39, 0.29) is 42.6 Å². The monoisotopic (exact) mass is 1740 g/mol. The van der Waals surface area contributed by atoms with E-state index in [1.54, 1.807) is 0 Å². The minimum Gasteiger partial charge on any atom is -0.493 e. The molecule has 0 aromatic heterocycles. The van der Waals surface area contributed by atoms with Crippen molar-refractivity contribution in [3.8, 4) is 46.0 Å². The van der Waals surface area contributed by atoms with Crippen LogP contribution in [0.25, 0.3) is 0 Å². The number of carbonyl (C=O) groups is 4. The highest BCUT2D eigenvalue weighted by atomic mass is 16.6. The van der Waals surface area contributed by atoms with Crippen LogP contribution in [0.15, 0.2) is 48.5 Å². The molecule has 16 unspecified atom stereocenters. The summed E-state index contributed by atoms with van der Waals surface area (Å²) in [6.07, 6.45) is -53.7. The normalized spacial score (nSPS) is 45.6. The van der Waals surface area contributed by atoms with Gasteiger partial charge in [-0.25, -0.2) is 0 Å². The molecule has 0 spiro atoms. The van der Waals surface area contributed by atoms with Crippen molar-refractivity contribution in [2.45, 2.75) is 260 Å². The van der Waals surface area contributed by atoms with Gasteiger partial charge in [-0.1, -0.05) is 110 Å². The standard InChI is InChI=1S/4C24H38N2O4/c4*1-14(2)9-17-13-26-8-7-16-10-21(28-5)22(29-6)11-18(16)19(26)12-20(17)30-24(27)23(25)15(3)4/h4*10-11,14-15,17,19-20,23H,7-9,12-13,25H2,1-6H3/t4*17?,19?,20?,23-/m0000/s1/i1D3,5D3,9D2,10D,11D,12D2,13D2,14D,17D,19D,20D;1D3,5D3,7D2,8D2,9D2,12D2,13D2,14D,17D;2*1D3,7D2,8D2,9D2,12D2,13D2,14D,17D/t4*14?,17?,19?,20?,23-. The van der Waals surface area contributed by atoms with Crippen molar-refractivity contribution in [1.29, 1.82) is 0 Å². The lowest BCUT2D eigenvalue weighted by Crippen LogP contribution is -2.51. The summed E-state index contributed by atoms with van der Waals surface area (Å²) in [5.74, 6) is -41.5. The summed E-state index contributed by atoms with van der Waals surface area (Å²) >= 11 is 0. The first-order valence-corrected chi connectivity index (χ1v) is 37.6. The van der Waals surface area contributed by atoms with Gasteiger partial charge in [0.05, 0.1) is 70.4 Å². The predicted octanol–water partition coefficient (Wildman–Crippen LogP) is 14.3. The Hall–Kier alpha value is -7.16. The Morgan fingerprint density at radius 3 is 1.03 bits per heavy atom. The fourth-order valence-electron chi connectivity index (χ4n) is 12.1. The average molecular weight is 1740 g/mol. The molecule has 0 bridgehead atoms. The number of piperidine rings is 4. The van der Waals surface area contributed by atoms with Gasteiger partial charge in [-0.15, -0.1) is 0 Å². The lowest BCUT2D eigenvalue weighted by Gasteiger charge is -2.47. The number of nitrogens with two attached hydrogens (primary N) is 4. The molecule has 20 atom stereocenters. The van der Waals surface area contributed by atoms with Crippen molar-refractivity contribution >= 4 is 23.9 Å². The number of hydrogen-bond acceptors (Lipinski definition) is 24. The third-order valence-corrected chi connectivity index (χ3v) is 18.8. The van der Waals surface area contributed by atoms with Gasteiger partial charge < -0.3 is 79.8 Å². The Morgan fingerprint density at radius 2 is 0.708 bits per heavy atom. The first-order chi connectivity index (χ1) is 82.3. The van der Waals surface area contributed by atoms with Crippen LogP contribution in [0.2, 0.25) is 0 Å². The van der Waals surface area contributed by atoms with Crippen molar-refractivity contribution in [1.82, 2.24) is 19.6 Å². The van der Waals surface area contributed by atoms with E-state index in [0.29, 0.717) is 27.7 Å². The quantitative estimate of drug-likeness (QED) is 0.0303. The number of aryl methyl sites for hydroxylation is 3. The van der Waals surface area contributed by atoms with Gasteiger partial charge in [0.25, 0.3) is 0 Å². The lowest BCUT2D eigenvalue weighted by molar-refractivity contribution is -0.161. The number of nitrogens with zero attached hydrogens (tertiary/aromatic N) is 4. The zero-order valence-electron chi connectivity index (χ0n) is 136. The molecule has 8 aliphatic heterocycles. The molecule has 4 fully saturated rings. The maximum absolute atomic E-state index is 13.4. The van der Waals surface area contributed by atoms with Crippen molar-refractivity contribution in [2.75, 3.05) is 109 Å². The number of hydrogen-bond donors (Lipinski definition) is 4. The van der Waals surface area contributed by atoms with Crippen LogP contribution in [0.3, 0.4) is 0 Å². The minimum atomic E-state index is -4.27. The van der Waals surface area contributed by atoms with E-state index in [1.807, 2.05) is 0 Å². The Balaban J connectivity index is 0.000000270. The van der Waals surface area contributed by atoms with Crippen molar-refractivity contribution in [3.63, 3.8) is 0 Å². The lowest BCUT2D eigenvalue weighted by atomic mass is 9.79. The van der Waals surface area contributed by atoms with Crippen LogP contribution in [-0.4, -0.2) is 201 Å². The van der Waals surface area contributed by atoms with Crippen LogP contribution >= 0.6 is 0 Å². The molecule has 12 rings (SSSR count). The Bertz CT molecular complexity index is 7010. The van der Waals surface area contributed by atoms with Crippen LogP contribution in [0.5, 0.6) is 46.0 Å². The minimum absolute atomic E-state index is 0.00138. The van der Waals surface area contributed by atoms with Crippen molar-refractivity contribution in [2.24, 2.45) is 93.8 Å². The third-order valence-electron chi connectivity index (χ3n) is 18.8. The number of methoxy groups -OCH3 is 8. The maximum atomic E-state index is 13.4. The molecule has 24 nitrogen and oxygen atoms in total. The van der Waals surface area contributed by atoms with Crippen LogP contribution in [-0.2, 0) is 63.7 Å². The van der Waals surface area contributed by atoms with Gasteiger partial charge in [0.1, 0.15) is 48.6 Å². The molecule has 24 heteroatoms. The second-order valence-electron chi connectivity index (χ2n) is 29.1. The van der Waals surface area contributed by atoms with E-state index in [9.17, 15) is 49.3 Å². The van der Waals surface area contributed by atoms with E-state index in [4.69, 9.17) is 140 Å². The highest BCUT2D eigenvalue weighted by Gasteiger charge is 2.47. The Morgan fingerprint density at radius 1 is 0.408 bits per heavy atom. The number of rotatable bonds is 28. The zero-order valence-corrected chi connectivity index (χ0v) is 69.6. The summed E-state index contributed by atoms with van der Waals surface area (Å²) in [5.41, 5.74) is 19.2. The molecule has 672 valence electrons.